The SMILES string of the molecule is CC/C(=C\N1CCOC1=O)CCc1ccccc1. The summed E-state index contributed by atoms with van der Waals surface area (Å²) in [4.78, 5) is 13.0. The summed E-state index contributed by atoms with van der Waals surface area (Å²) >= 11 is 0. The van der Waals surface area contributed by atoms with E-state index in [4.69, 9.17) is 4.74 Å². The predicted molar refractivity (Wildman–Crippen MR) is 71.2 cm³/mol. The third kappa shape index (κ3) is 3.36. The Morgan fingerprint density at radius 1 is 1.39 bits per heavy atom. The van der Waals surface area contributed by atoms with Crippen molar-refractivity contribution in [3.05, 3.63) is 47.7 Å². The number of amides is 1. The molecule has 96 valence electrons. The van der Waals surface area contributed by atoms with Crippen molar-refractivity contribution in [2.75, 3.05) is 13.2 Å². The first-order valence-corrected chi connectivity index (χ1v) is 6.46. The quantitative estimate of drug-likeness (QED) is 0.796. The minimum atomic E-state index is -0.222. The fourth-order valence-electron chi connectivity index (χ4n) is 2.03. The van der Waals surface area contributed by atoms with Gasteiger partial charge in [-0.15, -0.1) is 0 Å². The van der Waals surface area contributed by atoms with Crippen molar-refractivity contribution in [1.29, 1.82) is 0 Å². The van der Waals surface area contributed by atoms with Crippen LogP contribution in [0.1, 0.15) is 25.3 Å². The van der Waals surface area contributed by atoms with Gasteiger partial charge in [0.05, 0.1) is 6.54 Å². The molecule has 1 amide bonds. The number of cyclic esters (lactones) is 1. The summed E-state index contributed by atoms with van der Waals surface area (Å²) in [5.74, 6) is 0. The van der Waals surface area contributed by atoms with Crippen molar-refractivity contribution in [2.45, 2.75) is 26.2 Å². The van der Waals surface area contributed by atoms with Gasteiger partial charge in [-0.1, -0.05) is 42.8 Å². The maximum absolute atomic E-state index is 11.4. The topological polar surface area (TPSA) is 29.5 Å². The van der Waals surface area contributed by atoms with Gasteiger partial charge in [0.25, 0.3) is 0 Å². The van der Waals surface area contributed by atoms with Crippen molar-refractivity contribution in [3.63, 3.8) is 0 Å². The Balaban J connectivity index is 1.93. The van der Waals surface area contributed by atoms with E-state index in [1.807, 2.05) is 12.3 Å². The molecule has 0 saturated carbocycles. The van der Waals surface area contributed by atoms with Crippen molar-refractivity contribution in [1.82, 2.24) is 4.90 Å². The van der Waals surface area contributed by atoms with Crippen LogP contribution in [-0.2, 0) is 11.2 Å². The van der Waals surface area contributed by atoms with E-state index in [2.05, 4.69) is 31.2 Å². The molecule has 0 radical (unpaired) electrons. The van der Waals surface area contributed by atoms with E-state index in [0.29, 0.717) is 13.2 Å². The number of aryl methyl sites for hydroxylation is 1. The molecule has 1 aromatic rings. The Bertz CT molecular complexity index is 425. The largest absolute Gasteiger partial charge is 0.447 e. The molecule has 3 nitrogen and oxygen atoms in total. The van der Waals surface area contributed by atoms with E-state index in [1.165, 1.54) is 11.1 Å². The van der Waals surface area contributed by atoms with Crippen LogP contribution in [0.4, 0.5) is 4.79 Å². The van der Waals surface area contributed by atoms with Crippen LogP contribution >= 0.6 is 0 Å². The number of hydrogen-bond acceptors (Lipinski definition) is 2. The summed E-state index contributed by atoms with van der Waals surface area (Å²) in [7, 11) is 0. The van der Waals surface area contributed by atoms with Gasteiger partial charge in [-0.3, -0.25) is 4.90 Å². The third-order valence-corrected chi connectivity index (χ3v) is 3.16. The molecule has 1 fully saturated rings. The monoisotopic (exact) mass is 245 g/mol. The molecule has 3 heteroatoms. The Kier molecular flexibility index (Phi) is 4.40. The van der Waals surface area contributed by atoms with Gasteiger partial charge in [-0.05, 0) is 24.8 Å². The van der Waals surface area contributed by atoms with Crippen LogP contribution in [0, 0.1) is 0 Å². The fourth-order valence-corrected chi connectivity index (χ4v) is 2.03. The molecule has 1 aliphatic heterocycles. The van der Waals surface area contributed by atoms with Gasteiger partial charge in [0.15, 0.2) is 0 Å². The first kappa shape index (κ1) is 12.7. The first-order valence-electron chi connectivity index (χ1n) is 6.46. The maximum Gasteiger partial charge on any atom is 0.413 e. The molecule has 0 aromatic heterocycles. The number of ether oxygens (including phenoxy) is 1. The van der Waals surface area contributed by atoms with Crippen LogP contribution in [0.2, 0.25) is 0 Å². The minimum Gasteiger partial charge on any atom is -0.447 e. The van der Waals surface area contributed by atoms with Gasteiger partial charge in [0, 0.05) is 6.20 Å². The van der Waals surface area contributed by atoms with Crippen LogP contribution in [-0.4, -0.2) is 24.1 Å². The summed E-state index contributed by atoms with van der Waals surface area (Å²) < 4.78 is 4.92. The highest BCUT2D eigenvalue weighted by atomic mass is 16.6. The lowest BCUT2D eigenvalue weighted by Crippen LogP contribution is -2.18. The second-order valence-electron chi connectivity index (χ2n) is 4.43. The highest BCUT2D eigenvalue weighted by Gasteiger charge is 2.19. The molecule has 0 aliphatic carbocycles. The van der Waals surface area contributed by atoms with E-state index in [9.17, 15) is 4.79 Å². The van der Waals surface area contributed by atoms with Gasteiger partial charge in [-0.25, -0.2) is 4.79 Å². The highest BCUT2D eigenvalue weighted by molar-refractivity contribution is 5.70. The van der Waals surface area contributed by atoms with Gasteiger partial charge in [0.1, 0.15) is 6.61 Å². The molecular formula is C15H19NO2. The summed E-state index contributed by atoms with van der Waals surface area (Å²) in [6.07, 6.45) is 4.71. The second kappa shape index (κ2) is 6.24. The molecular weight excluding hydrogens is 226 g/mol. The average Bonchev–Trinajstić information content (AvgIpc) is 2.81. The summed E-state index contributed by atoms with van der Waals surface area (Å²) in [5.41, 5.74) is 2.62. The lowest BCUT2D eigenvalue weighted by Gasteiger charge is -2.10. The fraction of sp³-hybridized carbons (Fsp3) is 0.400. The number of hydrogen-bond donors (Lipinski definition) is 0. The molecule has 0 unspecified atom stereocenters. The van der Waals surface area contributed by atoms with Crippen LogP contribution in [0.25, 0.3) is 0 Å². The van der Waals surface area contributed by atoms with E-state index in [0.717, 1.165) is 19.3 Å². The molecule has 0 spiro atoms. The standard InChI is InChI=1S/C15H19NO2/c1-2-13(12-16-10-11-18-15(16)17)8-9-14-6-4-3-5-7-14/h3-7,12H,2,8-11H2,1H3/b13-12+. The normalized spacial score (nSPS) is 15.9. The maximum atomic E-state index is 11.4. The molecule has 1 heterocycles. The summed E-state index contributed by atoms with van der Waals surface area (Å²) in [6, 6.07) is 10.4. The minimum absolute atomic E-state index is 0.222. The number of allylic oxidation sites excluding steroid dienone is 1. The van der Waals surface area contributed by atoms with E-state index in [-0.39, 0.29) is 6.09 Å². The number of benzene rings is 1. The highest BCUT2D eigenvalue weighted by Crippen LogP contribution is 2.15. The molecule has 0 bridgehead atoms. The molecule has 1 saturated heterocycles. The van der Waals surface area contributed by atoms with Gasteiger partial charge in [-0.2, -0.15) is 0 Å². The second-order valence-corrected chi connectivity index (χ2v) is 4.43. The van der Waals surface area contributed by atoms with Crippen LogP contribution in [0.5, 0.6) is 0 Å². The van der Waals surface area contributed by atoms with E-state index in [1.54, 1.807) is 4.90 Å². The Morgan fingerprint density at radius 2 is 2.17 bits per heavy atom. The lowest BCUT2D eigenvalue weighted by molar-refractivity contribution is 0.166. The molecule has 1 aliphatic rings. The number of carbonyl (C=O) groups is 1. The molecule has 1 aromatic carbocycles. The van der Waals surface area contributed by atoms with Crippen molar-refractivity contribution < 1.29 is 9.53 Å². The van der Waals surface area contributed by atoms with Crippen molar-refractivity contribution >= 4 is 6.09 Å². The molecule has 0 N–H and O–H groups in total. The zero-order chi connectivity index (χ0) is 12.8. The number of carbonyl (C=O) groups excluding carboxylic acids is 1. The number of nitrogens with zero attached hydrogens (tertiary/aromatic N) is 1. The van der Waals surface area contributed by atoms with Crippen molar-refractivity contribution in [3.8, 4) is 0 Å². The average molecular weight is 245 g/mol. The van der Waals surface area contributed by atoms with E-state index >= 15 is 0 Å². The summed E-state index contributed by atoms with van der Waals surface area (Å²) in [6.45, 7) is 3.30. The third-order valence-electron chi connectivity index (χ3n) is 3.16. The van der Waals surface area contributed by atoms with Gasteiger partial charge < -0.3 is 4.74 Å². The zero-order valence-corrected chi connectivity index (χ0v) is 10.8. The van der Waals surface area contributed by atoms with Gasteiger partial charge in [0.2, 0.25) is 0 Å². The van der Waals surface area contributed by atoms with Crippen LogP contribution < -0.4 is 0 Å². The van der Waals surface area contributed by atoms with E-state index < -0.39 is 0 Å². The van der Waals surface area contributed by atoms with Crippen LogP contribution in [0.3, 0.4) is 0 Å². The number of rotatable bonds is 5. The van der Waals surface area contributed by atoms with Crippen LogP contribution in [0.15, 0.2) is 42.1 Å². The smallest absolute Gasteiger partial charge is 0.413 e. The molecule has 0 atom stereocenters. The van der Waals surface area contributed by atoms with Crippen molar-refractivity contribution in [2.24, 2.45) is 0 Å². The first-order chi connectivity index (χ1) is 8.79. The Morgan fingerprint density at radius 3 is 2.78 bits per heavy atom. The Hall–Kier alpha value is -1.77. The predicted octanol–water partition coefficient (Wildman–Crippen LogP) is 3.37. The summed E-state index contributed by atoms with van der Waals surface area (Å²) in [5, 5.41) is 0. The lowest BCUT2D eigenvalue weighted by atomic mass is 10.0. The van der Waals surface area contributed by atoms with Gasteiger partial charge >= 0.3 is 6.09 Å². The molecule has 18 heavy (non-hydrogen) atoms. The zero-order valence-electron chi connectivity index (χ0n) is 10.8. The Labute approximate surface area is 108 Å². The molecule has 2 rings (SSSR count).